The van der Waals surface area contributed by atoms with Gasteiger partial charge in [-0.1, -0.05) is 0 Å². The van der Waals surface area contributed by atoms with Crippen LogP contribution >= 0.6 is 0 Å². The molecule has 12 heteroatoms. The van der Waals surface area contributed by atoms with Gasteiger partial charge in [-0.05, 0) is 6.92 Å². The largest absolute Gasteiger partial charge is 0.712 e. The monoisotopic (exact) mass is 266 g/mol. The van der Waals surface area contributed by atoms with Crippen LogP contribution in [0.2, 0.25) is 0 Å². The second-order valence-corrected chi connectivity index (χ2v) is 2.95. The van der Waals surface area contributed by atoms with Crippen molar-refractivity contribution in [3.05, 3.63) is 30.3 Å². The molecule has 0 saturated heterocycles. The Balaban J connectivity index is 4.73. The highest BCUT2D eigenvalue weighted by Crippen LogP contribution is 2.10. The Kier molecular flexibility index (Phi) is 5.55. The number of hydrogen-bond donors (Lipinski definition) is 1. The first-order valence-electron chi connectivity index (χ1n) is 4.58. The fraction of sp³-hybridized carbons (Fsp3) is 0.833. The Morgan fingerprint density at radius 2 is 1.61 bits per heavy atom. The highest BCUT2D eigenvalue weighted by Gasteiger charge is 2.70. The lowest BCUT2D eigenvalue weighted by molar-refractivity contribution is -0.966. The quantitative estimate of drug-likeness (QED) is 0.241. The maximum absolute atomic E-state index is 10.8. The summed E-state index contributed by atoms with van der Waals surface area (Å²) in [5, 5.41) is 33.4. The van der Waals surface area contributed by atoms with Crippen molar-refractivity contribution in [1.29, 1.82) is 0 Å². The van der Waals surface area contributed by atoms with Crippen molar-refractivity contribution in [2.24, 2.45) is 0 Å². The number of nitrogens with zero attached hydrogens (tertiary/aromatic N) is 3. The summed E-state index contributed by atoms with van der Waals surface area (Å²) in [5.41, 5.74) is 0. The minimum absolute atomic E-state index is 0.0470. The van der Waals surface area contributed by atoms with Gasteiger partial charge in [0, 0.05) is 0 Å². The zero-order valence-corrected chi connectivity index (χ0v) is 9.23. The second-order valence-electron chi connectivity index (χ2n) is 2.95. The van der Waals surface area contributed by atoms with Gasteiger partial charge in [0.05, 0.1) is 13.2 Å². The van der Waals surface area contributed by atoms with Gasteiger partial charge in [0.25, 0.3) is 0 Å². The van der Waals surface area contributed by atoms with E-state index in [4.69, 9.17) is 0 Å². The fourth-order valence-electron chi connectivity index (χ4n) is 0.938. The van der Waals surface area contributed by atoms with Crippen LogP contribution in [0.3, 0.4) is 0 Å². The van der Waals surface area contributed by atoms with Crippen molar-refractivity contribution in [2.75, 3.05) is 19.7 Å². The summed E-state index contributed by atoms with van der Waals surface area (Å²) in [4.78, 5) is 37.4. The highest BCUT2D eigenvalue weighted by atomic mass is 16.7. The number of ether oxygens (including phenoxy) is 1. The van der Waals surface area contributed by atoms with E-state index < -0.39 is 39.6 Å². The van der Waals surface area contributed by atoms with Crippen LogP contribution in [0.25, 0.3) is 0 Å². The average Bonchev–Trinajstić information content (AvgIpc) is 2.23. The first kappa shape index (κ1) is 15.6. The molecule has 0 aliphatic carbocycles. The topological polar surface area (TPSA) is 168 Å². The Morgan fingerprint density at radius 3 is 1.94 bits per heavy atom. The van der Waals surface area contributed by atoms with Crippen molar-refractivity contribution >= 4 is 5.97 Å². The lowest BCUT2D eigenvalue weighted by Crippen LogP contribution is -2.59. The molecule has 0 fully saturated rings. The molecule has 0 heterocycles. The third-order valence-electron chi connectivity index (χ3n) is 1.81. The third-order valence-corrected chi connectivity index (χ3v) is 1.81. The number of esters is 1. The predicted molar refractivity (Wildman–Crippen MR) is 53.2 cm³/mol. The molecule has 0 bridgehead atoms. The van der Waals surface area contributed by atoms with Gasteiger partial charge < -0.3 is 4.74 Å². The van der Waals surface area contributed by atoms with Gasteiger partial charge in [-0.25, -0.2) is 0 Å². The van der Waals surface area contributed by atoms with Gasteiger partial charge in [0.2, 0.25) is 6.54 Å². The Hall–Kier alpha value is -2.37. The molecule has 0 aromatic heterocycles. The van der Waals surface area contributed by atoms with Crippen molar-refractivity contribution in [1.82, 2.24) is 5.32 Å². The number of nitro groups is 3. The summed E-state index contributed by atoms with van der Waals surface area (Å²) >= 11 is 0. The molecule has 0 aromatic carbocycles. The molecular weight excluding hydrogens is 256 g/mol. The van der Waals surface area contributed by atoms with Crippen molar-refractivity contribution in [2.45, 2.75) is 12.7 Å². The van der Waals surface area contributed by atoms with Gasteiger partial charge in [-0.2, -0.15) is 0 Å². The number of hydrogen-bond acceptors (Lipinski definition) is 9. The summed E-state index contributed by atoms with van der Waals surface area (Å²) in [6.45, 7) is -0.289. The van der Waals surface area contributed by atoms with Crippen LogP contribution in [0.4, 0.5) is 0 Å². The molecular formula is C6H10N4O8. The maximum Gasteiger partial charge on any atom is 0.712 e. The minimum atomic E-state index is -3.62. The van der Waals surface area contributed by atoms with Crippen LogP contribution in [-0.4, -0.2) is 46.2 Å². The van der Waals surface area contributed by atoms with Crippen molar-refractivity contribution in [3.63, 3.8) is 0 Å². The Labute approximate surface area is 99.3 Å². The van der Waals surface area contributed by atoms with Crippen LogP contribution in [0.1, 0.15) is 6.92 Å². The van der Waals surface area contributed by atoms with E-state index in [0.29, 0.717) is 0 Å². The number of rotatable bonds is 8. The van der Waals surface area contributed by atoms with E-state index in [0.717, 1.165) is 0 Å². The van der Waals surface area contributed by atoms with Crippen LogP contribution in [0, 0.1) is 30.3 Å². The number of carbonyl (C=O) groups is 1. The van der Waals surface area contributed by atoms with E-state index in [1.807, 2.05) is 5.32 Å². The molecule has 0 rings (SSSR count). The van der Waals surface area contributed by atoms with E-state index in [2.05, 4.69) is 4.74 Å². The summed E-state index contributed by atoms with van der Waals surface area (Å²) in [5.74, 6) is -4.45. The SMILES string of the molecule is CCOC(=O)CNCC([N+](=O)[O-])([N+](=O)[O-])[N+](=O)[O-]. The second kappa shape index (κ2) is 6.39. The first-order chi connectivity index (χ1) is 8.28. The molecule has 0 spiro atoms. The lowest BCUT2D eigenvalue weighted by Gasteiger charge is -2.09. The summed E-state index contributed by atoms with van der Waals surface area (Å²) < 4.78 is 4.43. The van der Waals surface area contributed by atoms with Crippen molar-refractivity contribution in [3.8, 4) is 0 Å². The van der Waals surface area contributed by atoms with Crippen LogP contribution in [-0.2, 0) is 9.53 Å². The van der Waals surface area contributed by atoms with E-state index in [-0.39, 0.29) is 6.61 Å². The number of carbonyl (C=O) groups excluding carboxylic acids is 1. The molecule has 0 radical (unpaired) electrons. The Morgan fingerprint density at radius 1 is 1.17 bits per heavy atom. The molecule has 0 aromatic rings. The maximum atomic E-state index is 10.8. The van der Waals surface area contributed by atoms with Gasteiger partial charge in [-0.15, -0.1) is 0 Å². The predicted octanol–water partition coefficient (Wildman–Crippen LogP) is -1.38. The standard InChI is InChI=1S/C6H10N4O8/c1-2-18-5(11)3-7-4-6(8(12)13,9(14)15)10(16)17/h7H,2-4H2,1H3. The van der Waals surface area contributed by atoms with Gasteiger partial charge in [0.15, 0.2) is 14.8 Å². The fourth-order valence-corrected chi connectivity index (χ4v) is 0.938. The molecule has 102 valence electrons. The Bertz CT molecular complexity index is 333. The summed E-state index contributed by atoms with van der Waals surface area (Å²) in [6, 6.07) is 0. The van der Waals surface area contributed by atoms with Gasteiger partial charge in [0.1, 0.15) is 0 Å². The molecule has 0 amide bonds. The number of nitrogens with one attached hydrogen (secondary N) is 1. The van der Waals surface area contributed by atoms with Crippen LogP contribution in [0.5, 0.6) is 0 Å². The summed E-state index contributed by atoms with van der Waals surface area (Å²) in [7, 11) is 0. The van der Waals surface area contributed by atoms with Crippen LogP contribution in [0.15, 0.2) is 0 Å². The average molecular weight is 266 g/mol. The smallest absolute Gasteiger partial charge is 0.465 e. The van der Waals surface area contributed by atoms with E-state index in [9.17, 15) is 35.1 Å². The van der Waals surface area contributed by atoms with E-state index in [1.54, 1.807) is 0 Å². The van der Waals surface area contributed by atoms with Gasteiger partial charge >= 0.3 is 11.8 Å². The van der Waals surface area contributed by atoms with E-state index in [1.165, 1.54) is 6.92 Å². The molecule has 12 nitrogen and oxygen atoms in total. The zero-order valence-electron chi connectivity index (χ0n) is 9.23. The molecule has 0 unspecified atom stereocenters. The van der Waals surface area contributed by atoms with Gasteiger partial charge in [-0.3, -0.25) is 40.5 Å². The van der Waals surface area contributed by atoms with E-state index >= 15 is 0 Å². The molecule has 0 aliphatic rings. The zero-order chi connectivity index (χ0) is 14.3. The normalized spacial score (nSPS) is 10.7. The molecule has 0 atom stereocenters. The summed E-state index contributed by atoms with van der Waals surface area (Å²) in [6.07, 6.45) is 0. The highest BCUT2D eigenvalue weighted by molar-refractivity contribution is 5.71. The lowest BCUT2D eigenvalue weighted by atomic mass is 10.3. The minimum Gasteiger partial charge on any atom is -0.465 e. The molecule has 18 heavy (non-hydrogen) atoms. The molecule has 1 N–H and O–H groups in total. The third kappa shape index (κ3) is 3.31. The van der Waals surface area contributed by atoms with Crippen molar-refractivity contribution < 1.29 is 24.3 Å². The van der Waals surface area contributed by atoms with Crippen LogP contribution < -0.4 is 5.32 Å². The molecule has 0 saturated carbocycles. The first-order valence-corrected chi connectivity index (χ1v) is 4.58. The molecule has 0 aliphatic heterocycles.